The molecule has 0 fully saturated rings. The summed E-state index contributed by atoms with van der Waals surface area (Å²) in [6, 6.07) is 13.3. The Morgan fingerprint density at radius 1 is 1.08 bits per heavy atom. The SMILES string of the molecule is CN(C)c1cccc(C(=O)NCc2ccc3c(c2)OCCCO3)c1. The van der Waals surface area contributed by atoms with E-state index in [4.69, 9.17) is 9.47 Å². The summed E-state index contributed by atoms with van der Waals surface area (Å²) in [4.78, 5) is 14.3. The zero-order valence-electron chi connectivity index (χ0n) is 14.0. The van der Waals surface area contributed by atoms with Crippen LogP contribution in [0.3, 0.4) is 0 Å². The van der Waals surface area contributed by atoms with Crippen LogP contribution >= 0.6 is 0 Å². The number of rotatable bonds is 4. The van der Waals surface area contributed by atoms with E-state index in [-0.39, 0.29) is 5.91 Å². The van der Waals surface area contributed by atoms with Crippen molar-refractivity contribution < 1.29 is 14.3 Å². The smallest absolute Gasteiger partial charge is 0.251 e. The number of anilines is 1. The van der Waals surface area contributed by atoms with Gasteiger partial charge in [0.15, 0.2) is 11.5 Å². The number of nitrogens with zero attached hydrogens (tertiary/aromatic N) is 1. The van der Waals surface area contributed by atoms with Crippen LogP contribution in [0.2, 0.25) is 0 Å². The van der Waals surface area contributed by atoms with E-state index in [9.17, 15) is 4.79 Å². The summed E-state index contributed by atoms with van der Waals surface area (Å²) in [5.41, 5.74) is 2.63. The van der Waals surface area contributed by atoms with Crippen molar-refractivity contribution in [3.63, 3.8) is 0 Å². The van der Waals surface area contributed by atoms with Crippen molar-refractivity contribution in [3.05, 3.63) is 53.6 Å². The van der Waals surface area contributed by atoms with E-state index in [0.29, 0.717) is 25.3 Å². The molecule has 0 aliphatic carbocycles. The van der Waals surface area contributed by atoms with Crippen molar-refractivity contribution in [2.75, 3.05) is 32.2 Å². The maximum absolute atomic E-state index is 12.4. The third kappa shape index (κ3) is 3.79. The Kier molecular flexibility index (Phi) is 4.89. The average molecular weight is 326 g/mol. The minimum Gasteiger partial charge on any atom is -0.490 e. The summed E-state index contributed by atoms with van der Waals surface area (Å²) in [7, 11) is 3.91. The molecule has 0 radical (unpaired) electrons. The van der Waals surface area contributed by atoms with Gasteiger partial charge >= 0.3 is 0 Å². The summed E-state index contributed by atoms with van der Waals surface area (Å²) >= 11 is 0. The van der Waals surface area contributed by atoms with E-state index in [1.165, 1.54) is 0 Å². The minimum absolute atomic E-state index is 0.0918. The molecule has 0 atom stereocenters. The molecule has 1 aliphatic rings. The molecule has 1 heterocycles. The van der Waals surface area contributed by atoms with E-state index < -0.39 is 0 Å². The van der Waals surface area contributed by atoms with E-state index >= 15 is 0 Å². The second-order valence-electron chi connectivity index (χ2n) is 5.96. The highest BCUT2D eigenvalue weighted by Gasteiger charge is 2.12. The Hall–Kier alpha value is -2.69. The zero-order valence-corrected chi connectivity index (χ0v) is 14.0. The summed E-state index contributed by atoms with van der Waals surface area (Å²) in [6.07, 6.45) is 0.878. The second-order valence-corrected chi connectivity index (χ2v) is 5.96. The topological polar surface area (TPSA) is 50.8 Å². The zero-order chi connectivity index (χ0) is 16.9. The van der Waals surface area contributed by atoms with Crippen LogP contribution in [-0.2, 0) is 6.54 Å². The molecular weight excluding hydrogens is 304 g/mol. The predicted molar refractivity (Wildman–Crippen MR) is 94.0 cm³/mol. The Morgan fingerprint density at radius 3 is 2.67 bits per heavy atom. The molecule has 0 aromatic heterocycles. The van der Waals surface area contributed by atoms with Crippen molar-refractivity contribution >= 4 is 11.6 Å². The molecule has 3 rings (SSSR count). The average Bonchev–Trinajstić information content (AvgIpc) is 2.84. The Bertz CT molecular complexity index is 728. The molecular formula is C19H22N2O3. The van der Waals surface area contributed by atoms with Gasteiger partial charge in [0.1, 0.15) is 0 Å². The molecule has 1 aliphatic heterocycles. The fourth-order valence-electron chi connectivity index (χ4n) is 2.53. The minimum atomic E-state index is -0.0918. The third-order valence-electron chi connectivity index (χ3n) is 3.89. The van der Waals surface area contributed by atoms with Crippen molar-refractivity contribution in [2.45, 2.75) is 13.0 Å². The van der Waals surface area contributed by atoms with Gasteiger partial charge in [-0.15, -0.1) is 0 Å². The summed E-state index contributed by atoms with van der Waals surface area (Å²) < 4.78 is 11.3. The van der Waals surface area contributed by atoms with Crippen LogP contribution in [0.5, 0.6) is 11.5 Å². The first-order chi connectivity index (χ1) is 11.6. The molecule has 0 unspecified atom stereocenters. The molecule has 126 valence electrons. The Labute approximate surface area is 142 Å². The van der Waals surface area contributed by atoms with Gasteiger partial charge in [-0.25, -0.2) is 0 Å². The lowest BCUT2D eigenvalue weighted by Crippen LogP contribution is -2.23. The highest BCUT2D eigenvalue weighted by molar-refractivity contribution is 5.95. The fraction of sp³-hybridized carbons (Fsp3) is 0.316. The van der Waals surface area contributed by atoms with Gasteiger partial charge < -0.3 is 19.7 Å². The van der Waals surface area contributed by atoms with Crippen LogP contribution in [-0.4, -0.2) is 33.2 Å². The van der Waals surface area contributed by atoms with Gasteiger partial charge in [-0.1, -0.05) is 12.1 Å². The monoisotopic (exact) mass is 326 g/mol. The number of nitrogens with one attached hydrogen (secondary N) is 1. The van der Waals surface area contributed by atoms with Gasteiger partial charge in [-0.3, -0.25) is 4.79 Å². The Balaban J connectivity index is 1.66. The van der Waals surface area contributed by atoms with Gasteiger partial charge in [0, 0.05) is 38.3 Å². The number of ether oxygens (including phenoxy) is 2. The number of fused-ring (bicyclic) bond motifs is 1. The van der Waals surface area contributed by atoms with E-state index in [2.05, 4.69) is 5.32 Å². The molecule has 0 bridgehead atoms. The maximum atomic E-state index is 12.4. The van der Waals surface area contributed by atoms with Crippen LogP contribution in [0.1, 0.15) is 22.3 Å². The molecule has 24 heavy (non-hydrogen) atoms. The maximum Gasteiger partial charge on any atom is 0.251 e. The van der Waals surface area contributed by atoms with Crippen LogP contribution in [0.25, 0.3) is 0 Å². The summed E-state index contributed by atoms with van der Waals surface area (Å²) in [5, 5.41) is 2.95. The van der Waals surface area contributed by atoms with Crippen LogP contribution in [0.15, 0.2) is 42.5 Å². The van der Waals surface area contributed by atoms with E-state index in [1.807, 2.05) is 61.5 Å². The molecule has 0 saturated carbocycles. The standard InChI is InChI=1S/C19H22N2O3/c1-21(2)16-6-3-5-15(12-16)19(22)20-13-14-7-8-17-18(11-14)24-10-4-9-23-17/h3,5-8,11-12H,4,9-10,13H2,1-2H3,(H,20,22). The lowest BCUT2D eigenvalue weighted by molar-refractivity contribution is 0.0951. The largest absolute Gasteiger partial charge is 0.490 e. The molecule has 1 amide bonds. The molecule has 0 saturated heterocycles. The highest BCUT2D eigenvalue weighted by atomic mass is 16.5. The second kappa shape index (κ2) is 7.25. The predicted octanol–water partition coefficient (Wildman–Crippen LogP) is 2.84. The highest BCUT2D eigenvalue weighted by Crippen LogP contribution is 2.30. The van der Waals surface area contributed by atoms with Gasteiger partial charge in [0.05, 0.1) is 13.2 Å². The van der Waals surface area contributed by atoms with Gasteiger partial charge in [-0.2, -0.15) is 0 Å². The lowest BCUT2D eigenvalue weighted by Gasteiger charge is -2.14. The number of amides is 1. The Morgan fingerprint density at radius 2 is 1.88 bits per heavy atom. The van der Waals surface area contributed by atoms with E-state index in [1.54, 1.807) is 0 Å². The fourth-order valence-corrected chi connectivity index (χ4v) is 2.53. The number of hydrogen-bond acceptors (Lipinski definition) is 4. The third-order valence-corrected chi connectivity index (χ3v) is 3.89. The van der Waals surface area contributed by atoms with Gasteiger partial charge in [0.25, 0.3) is 5.91 Å². The molecule has 2 aromatic rings. The number of carbonyl (C=O) groups is 1. The van der Waals surface area contributed by atoms with Crippen LogP contribution in [0, 0.1) is 0 Å². The quantitative estimate of drug-likeness (QED) is 0.939. The van der Waals surface area contributed by atoms with Crippen molar-refractivity contribution in [1.82, 2.24) is 5.32 Å². The van der Waals surface area contributed by atoms with Crippen LogP contribution in [0.4, 0.5) is 5.69 Å². The van der Waals surface area contributed by atoms with Crippen molar-refractivity contribution in [2.24, 2.45) is 0 Å². The molecule has 2 aromatic carbocycles. The molecule has 0 spiro atoms. The first kappa shape index (κ1) is 16.2. The van der Waals surface area contributed by atoms with Gasteiger partial charge in [0.2, 0.25) is 0 Å². The van der Waals surface area contributed by atoms with Crippen LogP contribution < -0.4 is 19.7 Å². The first-order valence-corrected chi connectivity index (χ1v) is 8.07. The molecule has 5 heteroatoms. The summed E-state index contributed by atoms with van der Waals surface area (Å²) in [5.74, 6) is 1.42. The number of hydrogen-bond donors (Lipinski definition) is 1. The van der Waals surface area contributed by atoms with Gasteiger partial charge in [-0.05, 0) is 35.9 Å². The molecule has 1 N–H and O–H groups in total. The van der Waals surface area contributed by atoms with E-state index in [0.717, 1.165) is 29.2 Å². The number of carbonyl (C=O) groups excluding carboxylic acids is 1. The van der Waals surface area contributed by atoms with Crippen molar-refractivity contribution in [1.29, 1.82) is 0 Å². The summed E-state index contributed by atoms with van der Waals surface area (Å²) in [6.45, 7) is 1.77. The lowest BCUT2D eigenvalue weighted by atomic mass is 10.1. The first-order valence-electron chi connectivity index (χ1n) is 8.07. The number of benzene rings is 2. The molecule has 5 nitrogen and oxygen atoms in total. The normalized spacial score (nSPS) is 13.1. The van der Waals surface area contributed by atoms with Crippen molar-refractivity contribution in [3.8, 4) is 11.5 Å².